The van der Waals surface area contributed by atoms with Gasteiger partial charge in [-0.25, -0.2) is 4.79 Å². The number of carbonyl (C=O) groups excluding carboxylic acids is 1. The average Bonchev–Trinajstić information content (AvgIpc) is 2.65. The van der Waals surface area contributed by atoms with Crippen LogP contribution in [0.4, 0.5) is 4.79 Å². The minimum Gasteiger partial charge on any atom is -0.387 e. The first-order valence-corrected chi connectivity index (χ1v) is 7.80. The molecule has 3 N–H and O–H groups in total. The summed E-state index contributed by atoms with van der Waals surface area (Å²) in [6.07, 6.45) is 2.61. The van der Waals surface area contributed by atoms with Crippen molar-refractivity contribution < 1.29 is 9.90 Å². The van der Waals surface area contributed by atoms with Gasteiger partial charge in [0.15, 0.2) is 0 Å². The number of rotatable bonds is 5. The zero-order valence-corrected chi connectivity index (χ0v) is 13.1. The maximum Gasteiger partial charge on any atom is 0.315 e. The Morgan fingerprint density at radius 2 is 1.75 bits per heavy atom. The van der Waals surface area contributed by atoms with Gasteiger partial charge in [0.25, 0.3) is 0 Å². The zero-order valence-electron chi connectivity index (χ0n) is 13.1. The number of aliphatic hydroxyl groups excluding tert-OH is 1. The van der Waals surface area contributed by atoms with E-state index in [2.05, 4.69) is 15.6 Å². The summed E-state index contributed by atoms with van der Waals surface area (Å²) in [5.74, 6) is 0. The molecule has 0 saturated heterocycles. The summed E-state index contributed by atoms with van der Waals surface area (Å²) in [4.78, 5) is 15.7. The molecule has 3 aromatic rings. The smallest absolute Gasteiger partial charge is 0.315 e. The SMILES string of the molecule is O=C(NCc1ccncc1)NC[C@@H](O)c1ccc2ccccc2c1. The van der Waals surface area contributed by atoms with E-state index in [9.17, 15) is 9.90 Å². The molecular formula is C19H19N3O2. The van der Waals surface area contributed by atoms with Crippen molar-refractivity contribution in [2.75, 3.05) is 6.54 Å². The van der Waals surface area contributed by atoms with Crippen molar-refractivity contribution in [3.63, 3.8) is 0 Å². The second-order valence-electron chi connectivity index (χ2n) is 5.54. The number of hydrogen-bond donors (Lipinski definition) is 3. The van der Waals surface area contributed by atoms with Crippen molar-refractivity contribution in [3.05, 3.63) is 78.1 Å². The molecule has 24 heavy (non-hydrogen) atoms. The summed E-state index contributed by atoms with van der Waals surface area (Å²) >= 11 is 0. The third-order valence-electron chi connectivity index (χ3n) is 3.82. The van der Waals surface area contributed by atoms with E-state index in [1.54, 1.807) is 12.4 Å². The van der Waals surface area contributed by atoms with Crippen molar-refractivity contribution in [2.24, 2.45) is 0 Å². The molecule has 0 fully saturated rings. The Kier molecular flexibility index (Phi) is 5.03. The van der Waals surface area contributed by atoms with E-state index in [1.807, 2.05) is 54.6 Å². The Morgan fingerprint density at radius 3 is 2.54 bits per heavy atom. The topological polar surface area (TPSA) is 74.2 Å². The minimum absolute atomic E-state index is 0.153. The number of aliphatic hydroxyl groups is 1. The van der Waals surface area contributed by atoms with Crippen LogP contribution in [0.5, 0.6) is 0 Å². The maximum atomic E-state index is 11.8. The van der Waals surface area contributed by atoms with Gasteiger partial charge < -0.3 is 15.7 Å². The van der Waals surface area contributed by atoms with Crippen LogP contribution in [0.2, 0.25) is 0 Å². The summed E-state index contributed by atoms with van der Waals surface area (Å²) in [5, 5.41) is 17.9. The van der Waals surface area contributed by atoms with Gasteiger partial charge >= 0.3 is 6.03 Å². The van der Waals surface area contributed by atoms with Crippen LogP contribution in [0.3, 0.4) is 0 Å². The fourth-order valence-electron chi connectivity index (χ4n) is 2.47. The van der Waals surface area contributed by atoms with Crippen LogP contribution in [0.25, 0.3) is 10.8 Å². The highest BCUT2D eigenvalue weighted by atomic mass is 16.3. The Bertz CT molecular complexity index is 821. The van der Waals surface area contributed by atoms with Crippen molar-refractivity contribution in [2.45, 2.75) is 12.6 Å². The van der Waals surface area contributed by atoms with Crippen LogP contribution in [0, 0.1) is 0 Å². The van der Waals surface area contributed by atoms with Crippen LogP contribution in [0.1, 0.15) is 17.2 Å². The third-order valence-corrected chi connectivity index (χ3v) is 3.82. The number of amides is 2. The second-order valence-corrected chi connectivity index (χ2v) is 5.54. The largest absolute Gasteiger partial charge is 0.387 e. The van der Waals surface area contributed by atoms with Crippen LogP contribution in [0.15, 0.2) is 67.0 Å². The van der Waals surface area contributed by atoms with E-state index in [1.165, 1.54) is 0 Å². The summed E-state index contributed by atoms with van der Waals surface area (Å²) in [5.41, 5.74) is 1.75. The van der Waals surface area contributed by atoms with Crippen molar-refractivity contribution in [1.82, 2.24) is 15.6 Å². The summed E-state index contributed by atoms with van der Waals surface area (Å²) in [6.45, 7) is 0.570. The standard InChI is InChI=1S/C19H19N3O2/c23-18(17-6-5-15-3-1-2-4-16(15)11-17)13-22-19(24)21-12-14-7-9-20-10-8-14/h1-11,18,23H,12-13H2,(H2,21,22,24)/t18-/m1/s1. The van der Waals surface area contributed by atoms with Crippen LogP contribution in [-0.4, -0.2) is 22.7 Å². The normalized spacial score (nSPS) is 11.9. The summed E-state index contributed by atoms with van der Waals surface area (Å²) < 4.78 is 0. The molecule has 0 aliphatic carbocycles. The second kappa shape index (κ2) is 7.57. The lowest BCUT2D eigenvalue weighted by Crippen LogP contribution is -2.37. The number of nitrogens with one attached hydrogen (secondary N) is 2. The minimum atomic E-state index is -0.749. The number of aromatic nitrogens is 1. The molecule has 0 bridgehead atoms. The highest BCUT2D eigenvalue weighted by Gasteiger charge is 2.10. The van der Waals surface area contributed by atoms with Gasteiger partial charge in [-0.05, 0) is 40.1 Å². The fourth-order valence-corrected chi connectivity index (χ4v) is 2.47. The molecule has 0 spiro atoms. The van der Waals surface area contributed by atoms with Crippen LogP contribution >= 0.6 is 0 Å². The number of fused-ring (bicyclic) bond motifs is 1. The molecule has 122 valence electrons. The number of urea groups is 1. The van der Waals surface area contributed by atoms with Gasteiger partial charge in [-0.15, -0.1) is 0 Å². The van der Waals surface area contributed by atoms with Gasteiger partial charge in [0.2, 0.25) is 0 Å². The first kappa shape index (κ1) is 16.0. The highest BCUT2D eigenvalue weighted by molar-refractivity contribution is 5.83. The number of benzene rings is 2. The number of pyridine rings is 1. The average molecular weight is 321 g/mol. The fraction of sp³-hybridized carbons (Fsp3) is 0.158. The van der Waals surface area contributed by atoms with Crippen molar-refractivity contribution >= 4 is 16.8 Å². The van der Waals surface area contributed by atoms with E-state index >= 15 is 0 Å². The Morgan fingerprint density at radius 1 is 1.00 bits per heavy atom. The van der Waals surface area contributed by atoms with Gasteiger partial charge in [0, 0.05) is 25.5 Å². The summed E-state index contributed by atoms with van der Waals surface area (Å²) in [7, 11) is 0. The van der Waals surface area contributed by atoms with Crippen molar-refractivity contribution in [1.29, 1.82) is 0 Å². The van der Waals surface area contributed by atoms with E-state index in [-0.39, 0.29) is 12.6 Å². The van der Waals surface area contributed by atoms with E-state index < -0.39 is 6.10 Å². The molecule has 5 nitrogen and oxygen atoms in total. The molecule has 5 heteroatoms. The molecule has 0 saturated carbocycles. The van der Waals surface area contributed by atoms with Gasteiger partial charge in [0.05, 0.1) is 6.10 Å². The Labute approximate surface area is 140 Å². The van der Waals surface area contributed by atoms with Gasteiger partial charge in [-0.2, -0.15) is 0 Å². The van der Waals surface area contributed by atoms with Gasteiger partial charge in [0.1, 0.15) is 0 Å². The third kappa shape index (κ3) is 4.08. The summed E-state index contributed by atoms with van der Waals surface area (Å²) in [6, 6.07) is 17.1. The molecule has 1 heterocycles. The Hall–Kier alpha value is -2.92. The molecule has 1 atom stereocenters. The zero-order chi connectivity index (χ0) is 16.8. The molecule has 0 unspecified atom stereocenters. The van der Waals surface area contributed by atoms with E-state index in [4.69, 9.17) is 0 Å². The lowest BCUT2D eigenvalue weighted by atomic mass is 10.0. The highest BCUT2D eigenvalue weighted by Crippen LogP contribution is 2.19. The quantitative estimate of drug-likeness (QED) is 0.676. The predicted octanol–water partition coefficient (Wildman–Crippen LogP) is 2.77. The van der Waals surface area contributed by atoms with Gasteiger partial charge in [-0.3, -0.25) is 4.98 Å². The van der Waals surface area contributed by atoms with Crippen molar-refractivity contribution in [3.8, 4) is 0 Å². The molecular weight excluding hydrogens is 302 g/mol. The first-order valence-electron chi connectivity index (χ1n) is 7.80. The number of nitrogens with zero attached hydrogens (tertiary/aromatic N) is 1. The monoisotopic (exact) mass is 321 g/mol. The first-order chi connectivity index (χ1) is 11.7. The lowest BCUT2D eigenvalue weighted by Gasteiger charge is -2.14. The van der Waals surface area contributed by atoms with Crippen LogP contribution < -0.4 is 10.6 Å². The van der Waals surface area contributed by atoms with E-state index in [0.29, 0.717) is 6.54 Å². The molecule has 0 aliphatic heterocycles. The van der Waals surface area contributed by atoms with E-state index in [0.717, 1.165) is 21.9 Å². The molecule has 1 aromatic heterocycles. The number of carbonyl (C=O) groups is 1. The predicted molar refractivity (Wildman–Crippen MR) is 93.4 cm³/mol. The lowest BCUT2D eigenvalue weighted by molar-refractivity contribution is 0.173. The Balaban J connectivity index is 1.52. The molecule has 2 aromatic carbocycles. The molecule has 3 rings (SSSR count). The molecule has 0 aliphatic rings. The molecule has 2 amide bonds. The maximum absolute atomic E-state index is 11.8. The number of hydrogen-bond acceptors (Lipinski definition) is 3. The van der Waals surface area contributed by atoms with Gasteiger partial charge in [-0.1, -0.05) is 36.4 Å². The van der Waals surface area contributed by atoms with Crippen LogP contribution in [-0.2, 0) is 6.54 Å². The molecule has 0 radical (unpaired) electrons.